The van der Waals surface area contributed by atoms with Crippen LogP contribution in [0.15, 0.2) is 18.2 Å². The SMILES string of the molecule is Cc1cc(C)cc(N(CCC#N)C(=O)CN2CCCC(O)C2)c1. The number of hydrogen-bond acceptors (Lipinski definition) is 4. The van der Waals surface area contributed by atoms with Crippen LogP contribution in [-0.4, -0.2) is 48.2 Å². The molecule has 1 amide bonds. The molecule has 5 heteroatoms. The van der Waals surface area contributed by atoms with Gasteiger partial charge in [0.25, 0.3) is 0 Å². The van der Waals surface area contributed by atoms with Crippen LogP contribution in [-0.2, 0) is 4.79 Å². The monoisotopic (exact) mass is 315 g/mol. The Hall–Kier alpha value is -1.90. The van der Waals surface area contributed by atoms with Gasteiger partial charge in [0.05, 0.1) is 25.1 Å². The molecule has 1 aliphatic heterocycles. The van der Waals surface area contributed by atoms with Crippen LogP contribution in [0.2, 0.25) is 0 Å². The topological polar surface area (TPSA) is 67.6 Å². The number of aryl methyl sites for hydroxylation is 2. The van der Waals surface area contributed by atoms with E-state index in [-0.39, 0.29) is 18.6 Å². The second kappa shape index (κ2) is 8.09. The van der Waals surface area contributed by atoms with Crippen LogP contribution in [0.1, 0.15) is 30.4 Å². The van der Waals surface area contributed by atoms with Crippen molar-refractivity contribution >= 4 is 11.6 Å². The Morgan fingerprint density at radius 1 is 1.39 bits per heavy atom. The normalized spacial score (nSPS) is 18.4. The predicted molar refractivity (Wildman–Crippen MR) is 90.2 cm³/mol. The summed E-state index contributed by atoms with van der Waals surface area (Å²) in [5.74, 6) is -0.0145. The van der Waals surface area contributed by atoms with Crippen LogP contribution >= 0.6 is 0 Å². The highest BCUT2D eigenvalue weighted by atomic mass is 16.3. The molecule has 1 aliphatic rings. The first kappa shape index (κ1) is 17.5. The Balaban J connectivity index is 2.13. The second-order valence-corrected chi connectivity index (χ2v) is 6.33. The summed E-state index contributed by atoms with van der Waals surface area (Å²) < 4.78 is 0. The van der Waals surface area contributed by atoms with Crippen molar-refractivity contribution in [2.24, 2.45) is 0 Å². The number of piperidine rings is 1. The number of hydrogen-bond donors (Lipinski definition) is 1. The highest BCUT2D eigenvalue weighted by molar-refractivity contribution is 5.95. The van der Waals surface area contributed by atoms with E-state index in [0.29, 0.717) is 19.5 Å². The molecule has 1 unspecified atom stereocenters. The third-order valence-electron chi connectivity index (χ3n) is 4.11. The zero-order chi connectivity index (χ0) is 16.8. The first-order valence-corrected chi connectivity index (χ1v) is 8.15. The minimum absolute atomic E-state index is 0.0145. The Morgan fingerprint density at radius 2 is 2.09 bits per heavy atom. The van der Waals surface area contributed by atoms with Crippen molar-refractivity contribution in [1.82, 2.24) is 4.90 Å². The van der Waals surface area contributed by atoms with Crippen molar-refractivity contribution in [2.75, 3.05) is 31.1 Å². The second-order valence-electron chi connectivity index (χ2n) is 6.33. The maximum Gasteiger partial charge on any atom is 0.241 e. The van der Waals surface area contributed by atoms with Gasteiger partial charge in [-0.25, -0.2) is 0 Å². The lowest BCUT2D eigenvalue weighted by atomic mass is 10.1. The lowest BCUT2D eigenvalue weighted by Crippen LogP contribution is -2.46. The maximum atomic E-state index is 12.7. The summed E-state index contributed by atoms with van der Waals surface area (Å²) in [7, 11) is 0. The average molecular weight is 315 g/mol. The van der Waals surface area contributed by atoms with Gasteiger partial charge in [-0.1, -0.05) is 6.07 Å². The van der Waals surface area contributed by atoms with Gasteiger partial charge in [-0.05, 0) is 56.5 Å². The van der Waals surface area contributed by atoms with E-state index in [1.807, 2.05) is 30.9 Å². The van der Waals surface area contributed by atoms with Gasteiger partial charge in [0.15, 0.2) is 0 Å². The van der Waals surface area contributed by atoms with Crippen molar-refractivity contribution in [3.63, 3.8) is 0 Å². The zero-order valence-electron chi connectivity index (χ0n) is 14.0. The molecule has 1 aromatic rings. The number of carbonyl (C=O) groups excluding carboxylic acids is 1. The molecule has 1 heterocycles. The van der Waals surface area contributed by atoms with Gasteiger partial charge in [0.1, 0.15) is 0 Å². The molecule has 0 aromatic heterocycles. The molecule has 1 aromatic carbocycles. The van der Waals surface area contributed by atoms with Crippen molar-refractivity contribution in [2.45, 2.75) is 39.2 Å². The van der Waals surface area contributed by atoms with Gasteiger partial charge >= 0.3 is 0 Å². The first-order chi connectivity index (χ1) is 11.0. The number of benzene rings is 1. The van der Waals surface area contributed by atoms with Crippen molar-refractivity contribution in [3.8, 4) is 6.07 Å². The summed E-state index contributed by atoms with van der Waals surface area (Å²) in [5.41, 5.74) is 3.05. The van der Waals surface area contributed by atoms with Gasteiger partial charge in [-0.15, -0.1) is 0 Å². The lowest BCUT2D eigenvalue weighted by Gasteiger charge is -2.31. The molecule has 1 saturated heterocycles. The Labute approximate surface area is 138 Å². The zero-order valence-corrected chi connectivity index (χ0v) is 14.0. The van der Waals surface area contributed by atoms with Crippen molar-refractivity contribution < 1.29 is 9.90 Å². The quantitative estimate of drug-likeness (QED) is 0.902. The summed E-state index contributed by atoms with van der Waals surface area (Å²) in [6.45, 7) is 6.07. The third-order valence-corrected chi connectivity index (χ3v) is 4.11. The number of aliphatic hydroxyl groups excluding tert-OH is 1. The number of rotatable bonds is 5. The van der Waals surface area contributed by atoms with Gasteiger partial charge in [0.2, 0.25) is 5.91 Å². The summed E-state index contributed by atoms with van der Waals surface area (Å²) in [4.78, 5) is 16.4. The minimum atomic E-state index is -0.342. The molecule has 124 valence electrons. The number of amides is 1. The molecule has 0 spiro atoms. The first-order valence-electron chi connectivity index (χ1n) is 8.15. The molecule has 0 saturated carbocycles. The summed E-state index contributed by atoms with van der Waals surface area (Å²) in [6, 6.07) is 8.14. The van der Waals surface area contributed by atoms with Gasteiger partial charge in [-0.2, -0.15) is 5.26 Å². The van der Waals surface area contributed by atoms with Gasteiger partial charge in [0, 0.05) is 18.8 Å². The summed E-state index contributed by atoms with van der Waals surface area (Å²) in [6.07, 6.45) is 1.68. The van der Waals surface area contributed by atoms with Crippen LogP contribution in [0.4, 0.5) is 5.69 Å². The molecule has 5 nitrogen and oxygen atoms in total. The molecule has 1 N–H and O–H groups in total. The number of anilines is 1. The third kappa shape index (κ3) is 5.05. The van der Waals surface area contributed by atoms with E-state index in [1.54, 1.807) is 4.90 Å². The molecule has 0 radical (unpaired) electrons. The molecular formula is C18H25N3O2. The lowest BCUT2D eigenvalue weighted by molar-refractivity contribution is -0.120. The minimum Gasteiger partial charge on any atom is -0.392 e. The van der Waals surface area contributed by atoms with Crippen LogP contribution < -0.4 is 4.90 Å². The van der Waals surface area contributed by atoms with Crippen LogP contribution in [0, 0.1) is 25.2 Å². The molecule has 1 atom stereocenters. The number of β-amino-alcohol motifs (C(OH)–C–C–N with tert-alkyl or cyclic N) is 1. The van der Waals surface area contributed by atoms with Gasteiger partial charge < -0.3 is 10.0 Å². The predicted octanol–water partition coefficient (Wildman–Crippen LogP) is 2.01. The number of aliphatic hydroxyl groups is 1. The molecule has 2 rings (SSSR count). The van der Waals surface area contributed by atoms with Crippen LogP contribution in [0.25, 0.3) is 0 Å². The molecule has 0 aliphatic carbocycles. The molecule has 23 heavy (non-hydrogen) atoms. The van der Waals surface area contributed by atoms with Crippen molar-refractivity contribution in [1.29, 1.82) is 5.26 Å². The largest absolute Gasteiger partial charge is 0.392 e. The highest BCUT2D eigenvalue weighted by Crippen LogP contribution is 2.20. The van der Waals surface area contributed by atoms with E-state index < -0.39 is 0 Å². The fraction of sp³-hybridized carbons (Fsp3) is 0.556. The summed E-state index contributed by atoms with van der Waals surface area (Å²) >= 11 is 0. The van der Waals surface area contributed by atoms with E-state index in [9.17, 15) is 9.90 Å². The van der Waals surface area contributed by atoms with Crippen LogP contribution in [0.5, 0.6) is 0 Å². The highest BCUT2D eigenvalue weighted by Gasteiger charge is 2.23. The Bertz CT molecular complexity index is 574. The maximum absolute atomic E-state index is 12.7. The fourth-order valence-electron chi connectivity index (χ4n) is 3.12. The summed E-state index contributed by atoms with van der Waals surface area (Å²) in [5, 5.41) is 18.6. The van der Waals surface area contributed by atoms with E-state index >= 15 is 0 Å². The molecule has 0 bridgehead atoms. The Morgan fingerprint density at radius 3 is 2.70 bits per heavy atom. The number of nitrogens with zero attached hydrogens (tertiary/aromatic N) is 3. The molecular weight excluding hydrogens is 290 g/mol. The smallest absolute Gasteiger partial charge is 0.241 e. The van der Waals surface area contributed by atoms with Gasteiger partial charge in [-0.3, -0.25) is 9.69 Å². The number of likely N-dealkylation sites (tertiary alicyclic amines) is 1. The van der Waals surface area contributed by atoms with E-state index in [4.69, 9.17) is 5.26 Å². The van der Waals surface area contributed by atoms with E-state index in [2.05, 4.69) is 12.1 Å². The number of carbonyl (C=O) groups is 1. The van der Waals surface area contributed by atoms with Crippen molar-refractivity contribution in [3.05, 3.63) is 29.3 Å². The van der Waals surface area contributed by atoms with E-state index in [1.165, 1.54) is 0 Å². The fourth-order valence-corrected chi connectivity index (χ4v) is 3.12. The number of nitriles is 1. The van der Waals surface area contributed by atoms with E-state index in [0.717, 1.165) is 36.2 Å². The Kier molecular flexibility index (Phi) is 6.14. The average Bonchev–Trinajstić information content (AvgIpc) is 2.46. The molecule has 1 fully saturated rings. The van der Waals surface area contributed by atoms with Crippen LogP contribution in [0.3, 0.4) is 0 Å². The standard InChI is InChI=1S/C18H25N3O2/c1-14-9-15(2)11-16(10-14)21(8-4-6-19)18(23)13-20-7-3-5-17(22)12-20/h9-11,17,22H,3-5,7-8,12-13H2,1-2H3.